The number of carbonyl (C=O) groups is 1. The largest absolute Gasteiger partial charge is 0.379 e. The minimum Gasteiger partial charge on any atom is -0.379 e. The summed E-state index contributed by atoms with van der Waals surface area (Å²) in [5.74, 6) is 0. The van der Waals surface area contributed by atoms with Gasteiger partial charge in [-0.15, -0.1) is 0 Å². The summed E-state index contributed by atoms with van der Waals surface area (Å²) >= 11 is 0. The van der Waals surface area contributed by atoms with Crippen LogP contribution in [0.3, 0.4) is 0 Å². The molecule has 3 aromatic rings. The number of ether oxygens (including phenoxy) is 1. The van der Waals surface area contributed by atoms with Crippen molar-refractivity contribution in [1.82, 2.24) is 14.8 Å². The monoisotopic (exact) mass is 421 g/mol. The zero-order valence-corrected chi connectivity index (χ0v) is 18.3. The van der Waals surface area contributed by atoms with E-state index < -0.39 is 0 Å². The average molecular weight is 422 g/mol. The first-order valence-corrected chi connectivity index (χ1v) is 10.8. The molecule has 0 unspecified atom stereocenters. The van der Waals surface area contributed by atoms with Crippen LogP contribution in [0.25, 0.3) is 10.9 Å². The van der Waals surface area contributed by atoms with Crippen molar-refractivity contribution in [3.8, 4) is 0 Å². The first-order valence-electron chi connectivity index (χ1n) is 10.8. The predicted molar refractivity (Wildman–Crippen MR) is 126 cm³/mol. The van der Waals surface area contributed by atoms with Crippen LogP contribution in [-0.4, -0.2) is 62.4 Å². The highest BCUT2D eigenvalue weighted by Crippen LogP contribution is 2.21. The number of rotatable bonds is 7. The van der Waals surface area contributed by atoms with Gasteiger partial charge in [-0.2, -0.15) is 0 Å². The van der Waals surface area contributed by atoms with E-state index in [1.807, 2.05) is 49.3 Å². The van der Waals surface area contributed by atoms with E-state index in [9.17, 15) is 4.79 Å². The van der Waals surface area contributed by atoms with Crippen molar-refractivity contribution < 1.29 is 9.53 Å². The number of fused-ring (bicyclic) bond motifs is 1. The minimum absolute atomic E-state index is 0.207. The molecule has 2 amide bonds. The van der Waals surface area contributed by atoms with E-state index in [4.69, 9.17) is 4.74 Å². The molecule has 1 saturated heterocycles. The predicted octanol–water partition coefficient (Wildman–Crippen LogP) is 3.36. The van der Waals surface area contributed by atoms with Gasteiger partial charge in [0.25, 0.3) is 0 Å². The Morgan fingerprint density at radius 3 is 2.71 bits per heavy atom. The summed E-state index contributed by atoms with van der Waals surface area (Å²) in [5.41, 5.74) is 4.15. The van der Waals surface area contributed by atoms with Gasteiger partial charge in [0.15, 0.2) is 0 Å². The highest BCUT2D eigenvalue weighted by molar-refractivity contribution is 5.92. The molecule has 1 fully saturated rings. The van der Waals surface area contributed by atoms with Gasteiger partial charge in [0.2, 0.25) is 0 Å². The lowest BCUT2D eigenvalue weighted by Crippen LogP contribution is -2.38. The normalized spacial score (nSPS) is 14.5. The van der Waals surface area contributed by atoms with Gasteiger partial charge in [-0.05, 0) is 42.0 Å². The molecular formula is C24H31N5O2. The van der Waals surface area contributed by atoms with Crippen LogP contribution in [0.15, 0.2) is 54.7 Å². The van der Waals surface area contributed by atoms with Gasteiger partial charge in [0, 0.05) is 75.3 Å². The lowest BCUT2D eigenvalue weighted by Gasteiger charge is -2.26. The fourth-order valence-corrected chi connectivity index (χ4v) is 3.85. The van der Waals surface area contributed by atoms with Gasteiger partial charge in [-0.25, -0.2) is 4.79 Å². The second-order valence-electron chi connectivity index (χ2n) is 8.11. The third-order valence-corrected chi connectivity index (χ3v) is 5.67. The molecule has 2 N–H and O–H groups in total. The molecule has 1 aliphatic heterocycles. The molecule has 0 radical (unpaired) electrons. The minimum atomic E-state index is -0.207. The molecule has 0 aliphatic carbocycles. The van der Waals surface area contributed by atoms with E-state index in [0.717, 1.165) is 61.7 Å². The standard InChI is InChI=1S/C24H31N5O2/c1-27(2)22-5-3-4-19(16-22)18-25-24(30)26-21-6-7-23-20(17-21)8-9-29(23)11-10-28-12-14-31-15-13-28/h3-9,16-17H,10-15,18H2,1-2H3,(H2,25,26,30). The molecule has 0 atom stereocenters. The maximum Gasteiger partial charge on any atom is 0.319 e. The van der Waals surface area contributed by atoms with E-state index in [2.05, 4.69) is 44.5 Å². The van der Waals surface area contributed by atoms with Crippen LogP contribution >= 0.6 is 0 Å². The smallest absolute Gasteiger partial charge is 0.319 e. The molecule has 1 aliphatic rings. The van der Waals surface area contributed by atoms with Gasteiger partial charge in [0.05, 0.1) is 13.2 Å². The van der Waals surface area contributed by atoms with Gasteiger partial charge in [-0.3, -0.25) is 4.90 Å². The Bertz CT molecular complexity index is 1020. The van der Waals surface area contributed by atoms with Crippen molar-refractivity contribution in [2.24, 2.45) is 0 Å². The summed E-state index contributed by atoms with van der Waals surface area (Å²) < 4.78 is 7.69. The molecule has 0 saturated carbocycles. The molecule has 164 valence electrons. The van der Waals surface area contributed by atoms with Crippen molar-refractivity contribution in [1.29, 1.82) is 0 Å². The summed E-state index contributed by atoms with van der Waals surface area (Å²) in [6.45, 7) is 6.10. The number of amides is 2. The Morgan fingerprint density at radius 2 is 1.90 bits per heavy atom. The van der Waals surface area contributed by atoms with E-state index in [1.54, 1.807) is 0 Å². The first kappa shape index (κ1) is 21.2. The second-order valence-corrected chi connectivity index (χ2v) is 8.11. The van der Waals surface area contributed by atoms with Crippen LogP contribution in [0.5, 0.6) is 0 Å². The number of anilines is 2. The Kier molecular flexibility index (Phi) is 6.74. The third-order valence-electron chi connectivity index (χ3n) is 5.67. The molecule has 2 aromatic carbocycles. The van der Waals surface area contributed by atoms with Crippen molar-refractivity contribution in [3.63, 3.8) is 0 Å². The van der Waals surface area contributed by atoms with Crippen LogP contribution in [0.1, 0.15) is 5.56 Å². The highest BCUT2D eigenvalue weighted by Gasteiger charge is 2.11. The third kappa shape index (κ3) is 5.57. The zero-order chi connectivity index (χ0) is 21.6. The second kappa shape index (κ2) is 9.85. The van der Waals surface area contributed by atoms with Crippen molar-refractivity contribution in [3.05, 3.63) is 60.3 Å². The quantitative estimate of drug-likeness (QED) is 0.614. The number of aromatic nitrogens is 1. The summed E-state index contributed by atoms with van der Waals surface area (Å²) in [6, 6.07) is 16.1. The highest BCUT2D eigenvalue weighted by atomic mass is 16.5. The Balaban J connectivity index is 1.32. The first-order chi connectivity index (χ1) is 15.1. The number of benzene rings is 2. The van der Waals surface area contributed by atoms with Crippen molar-refractivity contribution in [2.75, 3.05) is 57.2 Å². The number of hydrogen-bond donors (Lipinski definition) is 2. The molecule has 7 nitrogen and oxygen atoms in total. The van der Waals surface area contributed by atoms with Crippen LogP contribution in [0.4, 0.5) is 16.2 Å². The number of hydrogen-bond acceptors (Lipinski definition) is 4. The summed E-state index contributed by atoms with van der Waals surface area (Å²) in [6.07, 6.45) is 2.12. The van der Waals surface area contributed by atoms with Gasteiger partial charge < -0.3 is 24.8 Å². The zero-order valence-electron chi connectivity index (χ0n) is 18.3. The molecule has 0 spiro atoms. The number of nitrogens with zero attached hydrogens (tertiary/aromatic N) is 3. The fourth-order valence-electron chi connectivity index (χ4n) is 3.85. The van der Waals surface area contributed by atoms with Crippen LogP contribution < -0.4 is 15.5 Å². The maximum atomic E-state index is 12.4. The topological polar surface area (TPSA) is 61.8 Å². The molecule has 0 bridgehead atoms. The number of nitrogens with one attached hydrogen (secondary N) is 2. The fraction of sp³-hybridized carbons (Fsp3) is 0.375. The van der Waals surface area contributed by atoms with E-state index in [-0.39, 0.29) is 6.03 Å². The number of urea groups is 1. The lowest BCUT2D eigenvalue weighted by molar-refractivity contribution is 0.0365. The van der Waals surface area contributed by atoms with E-state index in [0.29, 0.717) is 6.54 Å². The molecule has 1 aromatic heterocycles. The summed E-state index contributed by atoms with van der Waals surface area (Å²) in [4.78, 5) is 16.9. The van der Waals surface area contributed by atoms with E-state index >= 15 is 0 Å². The molecule has 31 heavy (non-hydrogen) atoms. The van der Waals surface area contributed by atoms with Gasteiger partial charge in [-0.1, -0.05) is 12.1 Å². The summed E-state index contributed by atoms with van der Waals surface area (Å²) in [5, 5.41) is 7.00. The average Bonchev–Trinajstić information content (AvgIpc) is 3.19. The van der Waals surface area contributed by atoms with Crippen LogP contribution in [0, 0.1) is 0 Å². The molecule has 2 heterocycles. The van der Waals surface area contributed by atoms with Crippen molar-refractivity contribution in [2.45, 2.75) is 13.1 Å². The maximum absolute atomic E-state index is 12.4. The van der Waals surface area contributed by atoms with Gasteiger partial charge >= 0.3 is 6.03 Å². The molecule has 4 rings (SSSR count). The Morgan fingerprint density at radius 1 is 1.06 bits per heavy atom. The lowest BCUT2D eigenvalue weighted by atomic mass is 10.2. The number of morpholine rings is 1. The Labute approximate surface area is 183 Å². The Hall–Kier alpha value is -3.03. The number of carbonyl (C=O) groups excluding carboxylic acids is 1. The van der Waals surface area contributed by atoms with Crippen LogP contribution in [0.2, 0.25) is 0 Å². The SMILES string of the molecule is CN(C)c1cccc(CNC(=O)Nc2ccc3c(ccn3CCN3CCOCC3)c2)c1. The van der Waals surface area contributed by atoms with Gasteiger partial charge in [0.1, 0.15) is 0 Å². The van der Waals surface area contributed by atoms with Crippen LogP contribution in [-0.2, 0) is 17.8 Å². The summed E-state index contributed by atoms with van der Waals surface area (Å²) in [7, 11) is 4.01. The van der Waals surface area contributed by atoms with Crippen molar-refractivity contribution >= 4 is 28.3 Å². The molecular weight excluding hydrogens is 390 g/mol. The van der Waals surface area contributed by atoms with E-state index in [1.165, 1.54) is 5.52 Å². The molecule has 7 heteroatoms.